The zero-order valence-electron chi connectivity index (χ0n) is 16.5. The van der Waals surface area contributed by atoms with E-state index in [2.05, 4.69) is 9.97 Å². The summed E-state index contributed by atoms with van der Waals surface area (Å²) in [5.41, 5.74) is 1.65. The monoisotopic (exact) mass is 426 g/mol. The van der Waals surface area contributed by atoms with Crippen molar-refractivity contribution >= 4 is 0 Å². The molecule has 0 atom stereocenters. The Bertz CT molecular complexity index is 1280. The van der Waals surface area contributed by atoms with Gasteiger partial charge in [-0.2, -0.15) is 0 Å². The molecular weight excluding hydrogens is 411 g/mol. The molecule has 4 rings (SSSR count). The van der Waals surface area contributed by atoms with Crippen molar-refractivity contribution in [2.45, 2.75) is 13.8 Å². The van der Waals surface area contributed by atoms with E-state index in [1.165, 1.54) is 31.2 Å². The van der Waals surface area contributed by atoms with Gasteiger partial charge in [0.05, 0.1) is 22.8 Å². The van der Waals surface area contributed by atoms with Crippen LogP contribution in [0.25, 0.3) is 33.8 Å². The average Bonchev–Trinajstić information content (AvgIpc) is 2.70. The Kier molecular flexibility index (Phi) is 5.27. The van der Waals surface area contributed by atoms with Crippen molar-refractivity contribution in [1.29, 1.82) is 0 Å². The second kappa shape index (κ2) is 7.91. The number of rotatable bonds is 3. The van der Waals surface area contributed by atoms with Crippen LogP contribution in [0.15, 0.2) is 54.6 Å². The molecule has 156 valence electrons. The van der Waals surface area contributed by atoms with Crippen molar-refractivity contribution in [2.75, 3.05) is 0 Å². The fraction of sp³-hybridized carbons (Fsp3) is 0.0833. The fourth-order valence-electron chi connectivity index (χ4n) is 3.37. The predicted octanol–water partition coefficient (Wildman–Crippen LogP) is 6.79. The summed E-state index contributed by atoms with van der Waals surface area (Å²) in [5.74, 6) is -3.73. The summed E-state index contributed by atoms with van der Waals surface area (Å²) in [5, 5.41) is 0. The van der Waals surface area contributed by atoms with Gasteiger partial charge >= 0.3 is 0 Å². The van der Waals surface area contributed by atoms with Gasteiger partial charge in [0.1, 0.15) is 29.1 Å². The number of aryl methyl sites for hydroxylation is 1. The first-order chi connectivity index (χ1) is 14.7. The third kappa shape index (κ3) is 4.03. The van der Waals surface area contributed by atoms with Gasteiger partial charge in [0, 0.05) is 28.8 Å². The molecule has 0 saturated heterocycles. The van der Waals surface area contributed by atoms with Crippen LogP contribution in [0.2, 0.25) is 0 Å². The van der Waals surface area contributed by atoms with Gasteiger partial charge in [0.25, 0.3) is 0 Å². The van der Waals surface area contributed by atoms with Gasteiger partial charge in [0.15, 0.2) is 0 Å². The van der Waals surface area contributed by atoms with E-state index in [0.29, 0.717) is 23.0 Å². The Morgan fingerprint density at radius 2 is 1.16 bits per heavy atom. The van der Waals surface area contributed by atoms with Crippen LogP contribution in [0.1, 0.15) is 11.3 Å². The molecule has 0 saturated carbocycles. The lowest BCUT2D eigenvalue weighted by molar-refractivity contribution is 0.578. The molecule has 4 aromatic rings. The van der Waals surface area contributed by atoms with Gasteiger partial charge in [0.2, 0.25) is 0 Å². The van der Waals surface area contributed by atoms with Crippen LogP contribution in [0.3, 0.4) is 0 Å². The minimum absolute atomic E-state index is 0.0384. The van der Waals surface area contributed by atoms with Crippen molar-refractivity contribution in [3.05, 3.63) is 94.9 Å². The van der Waals surface area contributed by atoms with Gasteiger partial charge < -0.3 is 0 Å². The fourth-order valence-corrected chi connectivity index (χ4v) is 3.37. The summed E-state index contributed by atoms with van der Waals surface area (Å²) in [6.45, 7) is 3.08. The molecule has 0 N–H and O–H groups in total. The maximum atomic E-state index is 14.2. The molecule has 0 radical (unpaired) electrons. The van der Waals surface area contributed by atoms with Crippen molar-refractivity contribution in [3.63, 3.8) is 0 Å². The topological polar surface area (TPSA) is 25.8 Å². The molecule has 7 heteroatoms. The minimum atomic E-state index is -0.839. The summed E-state index contributed by atoms with van der Waals surface area (Å²) >= 11 is 0. The largest absolute Gasteiger partial charge is 0.249 e. The number of benzene rings is 3. The first-order valence-electron chi connectivity index (χ1n) is 9.30. The Morgan fingerprint density at radius 1 is 0.548 bits per heavy atom. The molecular formula is C24H15F5N2. The SMILES string of the molecule is Cc1nc(-c2cc(F)cc(F)c2C)c(-c2cc(F)cc(F)c2)nc1-c1ccc(F)cc1. The smallest absolute Gasteiger partial charge is 0.129 e. The van der Waals surface area contributed by atoms with E-state index < -0.39 is 29.1 Å². The number of halogens is 5. The number of nitrogens with zero attached hydrogens (tertiary/aromatic N) is 2. The highest BCUT2D eigenvalue weighted by atomic mass is 19.1. The van der Waals surface area contributed by atoms with E-state index in [9.17, 15) is 22.0 Å². The quantitative estimate of drug-likeness (QED) is 0.337. The summed E-state index contributed by atoms with van der Waals surface area (Å²) in [6.07, 6.45) is 0. The lowest BCUT2D eigenvalue weighted by Gasteiger charge is -2.16. The second-order valence-electron chi connectivity index (χ2n) is 7.08. The van der Waals surface area contributed by atoms with Crippen LogP contribution in [0.5, 0.6) is 0 Å². The van der Waals surface area contributed by atoms with Crippen molar-refractivity contribution < 1.29 is 22.0 Å². The average molecular weight is 426 g/mol. The molecule has 1 heterocycles. The molecule has 0 spiro atoms. The van der Waals surface area contributed by atoms with Gasteiger partial charge in [-0.1, -0.05) is 0 Å². The zero-order valence-corrected chi connectivity index (χ0v) is 16.5. The van der Waals surface area contributed by atoms with Crippen LogP contribution in [0.4, 0.5) is 22.0 Å². The first kappa shape index (κ1) is 20.7. The Balaban J connectivity index is 2.05. The van der Waals surface area contributed by atoms with Gasteiger partial charge in [-0.25, -0.2) is 31.9 Å². The van der Waals surface area contributed by atoms with Crippen molar-refractivity contribution in [2.24, 2.45) is 0 Å². The third-order valence-electron chi connectivity index (χ3n) is 4.89. The van der Waals surface area contributed by atoms with Crippen LogP contribution in [-0.4, -0.2) is 9.97 Å². The van der Waals surface area contributed by atoms with Crippen LogP contribution < -0.4 is 0 Å². The Hall–Kier alpha value is -3.61. The molecule has 0 fully saturated rings. The number of hydrogen-bond donors (Lipinski definition) is 0. The summed E-state index contributed by atoms with van der Waals surface area (Å²) < 4.78 is 69.5. The maximum Gasteiger partial charge on any atom is 0.129 e. The minimum Gasteiger partial charge on any atom is -0.249 e. The standard InChI is InChI=1S/C24H15F5N2/c1-12-20(10-19(28)11-21(12)29)24-23(15-7-17(26)9-18(27)8-15)31-22(13(2)30-24)14-3-5-16(25)6-4-14/h3-11H,1-2H3. The highest BCUT2D eigenvalue weighted by molar-refractivity contribution is 5.82. The van der Waals surface area contributed by atoms with E-state index in [4.69, 9.17) is 0 Å². The van der Waals surface area contributed by atoms with E-state index in [0.717, 1.165) is 24.3 Å². The second-order valence-corrected chi connectivity index (χ2v) is 7.08. The molecule has 31 heavy (non-hydrogen) atoms. The van der Waals surface area contributed by atoms with Crippen LogP contribution >= 0.6 is 0 Å². The zero-order chi connectivity index (χ0) is 22.3. The number of aromatic nitrogens is 2. The van der Waals surface area contributed by atoms with Crippen molar-refractivity contribution in [1.82, 2.24) is 9.97 Å². The van der Waals surface area contributed by atoms with E-state index in [1.807, 2.05) is 0 Å². The summed E-state index contributed by atoms with van der Waals surface area (Å²) in [4.78, 5) is 9.02. The Morgan fingerprint density at radius 3 is 1.81 bits per heavy atom. The third-order valence-corrected chi connectivity index (χ3v) is 4.89. The van der Waals surface area contributed by atoms with Gasteiger partial charge in [-0.15, -0.1) is 0 Å². The molecule has 0 aliphatic rings. The van der Waals surface area contributed by atoms with E-state index >= 15 is 0 Å². The molecule has 0 amide bonds. The first-order valence-corrected chi connectivity index (χ1v) is 9.30. The molecule has 3 aromatic carbocycles. The van der Waals surface area contributed by atoms with E-state index in [-0.39, 0.29) is 28.1 Å². The summed E-state index contributed by atoms with van der Waals surface area (Å²) in [7, 11) is 0. The lowest BCUT2D eigenvalue weighted by atomic mass is 9.98. The van der Waals surface area contributed by atoms with Crippen LogP contribution in [0, 0.1) is 42.9 Å². The normalized spacial score (nSPS) is 11.1. The molecule has 0 aliphatic heterocycles. The molecule has 0 unspecified atom stereocenters. The predicted molar refractivity (Wildman–Crippen MR) is 108 cm³/mol. The molecule has 0 bridgehead atoms. The maximum absolute atomic E-state index is 14.2. The lowest BCUT2D eigenvalue weighted by Crippen LogP contribution is -2.03. The van der Waals surface area contributed by atoms with Crippen molar-refractivity contribution in [3.8, 4) is 33.8 Å². The molecule has 2 nitrogen and oxygen atoms in total. The summed E-state index contributed by atoms with van der Waals surface area (Å²) in [6, 6.07) is 10.2. The van der Waals surface area contributed by atoms with Gasteiger partial charge in [-0.3, -0.25) is 0 Å². The molecule has 1 aromatic heterocycles. The van der Waals surface area contributed by atoms with Crippen LogP contribution in [-0.2, 0) is 0 Å². The van der Waals surface area contributed by atoms with E-state index in [1.54, 1.807) is 6.92 Å². The molecule has 0 aliphatic carbocycles. The highest BCUT2D eigenvalue weighted by Gasteiger charge is 2.20. The number of hydrogen-bond acceptors (Lipinski definition) is 2. The Labute approximate surface area is 175 Å². The van der Waals surface area contributed by atoms with Gasteiger partial charge in [-0.05, 0) is 61.9 Å². The highest BCUT2D eigenvalue weighted by Crippen LogP contribution is 2.36.